The SMILES string of the molecule is COc1ccc(-c2nc(C(C)(C)CO)sc2-c2ccc(OC)cc2)cc1. The fraction of sp³-hybridized carbons (Fsp3) is 0.286. The molecule has 136 valence electrons. The third-order valence-corrected chi connectivity index (χ3v) is 5.79. The molecule has 2 aromatic carbocycles. The molecule has 1 heterocycles. The number of nitrogens with zero attached hydrogens (tertiary/aromatic N) is 1. The van der Waals surface area contributed by atoms with Crippen molar-refractivity contribution < 1.29 is 14.6 Å². The van der Waals surface area contributed by atoms with Crippen LogP contribution in [0, 0.1) is 0 Å². The molecule has 0 radical (unpaired) electrons. The summed E-state index contributed by atoms with van der Waals surface area (Å²) in [5.41, 5.74) is 2.62. The van der Waals surface area contributed by atoms with Gasteiger partial charge in [0.1, 0.15) is 16.5 Å². The Morgan fingerprint density at radius 1 is 0.885 bits per heavy atom. The van der Waals surface area contributed by atoms with Gasteiger partial charge < -0.3 is 14.6 Å². The summed E-state index contributed by atoms with van der Waals surface area (Å²) in [4.78, 5) is 5.96. The van der Waals surface area contributed by atoms with Crippen LogP contribution in [-0.4, -0.2) is 30.9 Å². The first kappa shape index (κ1) is 18.4. The van der Waals surface area contributed by atoms with Gasteiger partial charge in [-0.3, -0.25) is 0 Å². The second-order valence-corrected chi connectivity index (χ2v) is 7.69. The van der Waals surface area contributed by atoms with Crippen molar-refractivity contribution in [2.75, 3.05) is 20.8 Å². The Morgan fingerprint density at radius 2 is 1.38 bits per heavy atom. The lowest BCUT2D eigenvalue weighted by Gasteiger charge is -2.17. The van der Waals surface area contributed by atoms with Crippen LogP contribution in [0.15, 0.2) is 48.5 Å². The van der Waals surface area contributed by atoms with E-state index in [0.717, 1.165) is 38.2 Å². The molecule has 0 bridgehead atoms. The van der Waals surface area contributed by atoms with Crippen LogP contribution in [0.5, 0.6) is 11.5 Å². The topological polar surface area (TPSA) is 51.6 Å². The highest BCUT2D eigenvalue weighted by molar-refractivity contribution is 7.15. The van der Waals surface area contributed by atoms with Gasteiger partial charge in [0.2, 0.25) is 0 Å². The third-order valence-electron chi connectivity index (χ3n) is 4.32. The molecule has 0 aliphatic carbocycles. The highest BCUT2D eigenvalue weighted by atomic mass is 32.1. The Hall–Kier alpha value is -2.37. The average Bonchev–Trinajstić information content (AvgIpc) is 3.14. The molecule has 0 saturated heterocycles. The Labute approximate surface area is 158 Å². The standard InChI is InChI=1S/C21H23NO3S/c1-21(2,13-23)20-22-18(14-5-9-16(24-3)10-6-14)19(26-20)15-7-11-17(25-4)12-8-15/h5-12,23H,13H2,1-4H3. The predicted molar refractivity (Wildman–Crippen MR) is 106 cm³/mol. The maximum absolute atomic E-state index is 9.76. The quantitative estimate of drug-likeness (QED) is 0.680. The van der Waals surface area contributed by atoms with E-state index in [1.54, 1.807) is 25.6 Å². The summed E-state index contributed by atoms with van der Waals surface area (Å²) < 4.78 is 10.5. The first-order valence-corrected chi connectivity index (χ1v) is 9.21. The molecule has 0 aliphatic heterocycles. The summed E-state index contributed by atoms with van der Waals surface area (Å²) in [7, 11) is 3.31. The minimum atomic E-state index is -0.392. The van der Waals surface area contributed by atoms with Crippen LogP contribution in [0.1, 0.15) is 18.9 Å². The van der Waals surface area contributed by atoms with Gasteiger partial charge in [0.25, 0.3) is 0 Å². The lowest BCUT2D eigenvalue weighted by atomic mass is 9.96. The zero-order valence-corrected chi connectivity index (χ0v) is 16.3. The van der Waals surface area contributed by atoms with Crippen molar-refractivity contribution >= 4 is 11.3 Å². The van der Waals surface area contributed by atoms with Crippen LogP contribution in [0.25, 0.3) is 21.7 Å². The van der Waals surface area contributed by atoms with Crippen molar-refractivity contribution in [1.82, 2.24) is 4.98 Å². The lowest BCUT2D eigenvalue weighted by molar-refractivity contribution is 0.218. The molecular weight excluding hydrogens is 346 g/mol. The molecule has 5 heteroatoms. The number of rotatable bonds is 6. The molecule has 0 aliphatic rings. The minimum Gasteiger partial charge on any atom is -0.497 e. The van der Waals surface area contributed by atoms with Gasteiger partial charge in [-0.15, -0.1) is 11.3 Å². The molecule has 4 nitrogen and oxygen atoms in total. The molecule has 0 fully saturated rings. The summed E-state index contributed by atoms with van der Waals surface area (Å²) in [6.45, 7) is 4.05. The Kier molecular flexibility index (Phi) is 5.30. The Bertz CT molecular complexity index is 802. The average molecular weight is 369 g/mol. The number of aliphatic hydroxyl groups excluding tert-OH is 1. The van der Waals surface area contributed by atoms with Gasteiger partial charge in [-0.2, -0.15) is 0 Å². The number of hydrogen-bond donors (Lipinski definition) is 1. The summed E-state index contributed by atoms with van der Waals surface area (Å²) in [6, 6.07) is 15.9. The van der Waals surface area contributed by atoms with Crippen LogP contribution in [0.2, 0.25) is 0 Å². The number of aromatic nitrogens is 1. The van der Waals surface area contributed by atoms with E-state index >= 15 is 0 Å². The maximum atomic E-state index is 9.76. The van der Waals surface area contributed by atoms with Crippen LogP contribution in [0.3, 0.4) is 0 Å². The van der Waals surface area contributed by atoms with Crippen molar-refractivity contribution in [1.29, 1.82) is 0 Å². The Morgan fingerprint density at radius 3 is 1.85 bits per heavy atom. The summed E-state index contributed by atoms with van der Waals surface area (Å²) in [5.74, 6) is 1.63. The normalized spacial score (nSPS) is 11.4. The number of hydrogen-bond acceptors (Lipinski definition) is 5. The van der Waals surface area contributed by atoms with Gasteiger partial charge in [0.05, 0.1) is 31.4 Å². The fourth-order valence-electron chi connectivity index (χ4n) is 2.56. The fourth-order valence-corrected chi connectivity index (χ4v) is 3.75. The van der Waals surface area contributed by atoms with E-state index < -0.39 is 5.41 Å². The molecule has 0 atom stereocenters. The summed E-state index contributed by atoms with van der Waals surface area (Å²) in [5, 5.41) is 10.7. The highest BCUT2D eigenvalue weighted by Crippen LogP contribution is 2.41. The number of thiazole rings is 1. The van der Waals surface area contributed by atoms with Gasteiger partial charge in [0.15, 0.2) is 0 Å². The number of benzene rings is 2. The lowest BCUT2D eigenvalue weighted by Crippen LogP contribution is -2.21. The van der Waals surface area contributed by atoms with Gasteiger partial charge in [-0.25, -0.2) is 4.98 Å². The van der Waals surface area contributed by atoms with Gasteiger partial charge in [-0.1, -0.05) is 13.8 Å². The van der Waals surface area contributed by atoms with E-state index in [4.69, 9.17) is 14.5 Å². The van der Waals surface area contributed by atoms with E-state index in [1.165, 1.54) is 0 Å². The van der Waals surface area contributed by atoms with Crippen LogP contribution in [-0.2, 0) is 5.41 Å². The molecule has 0 saturated carbocycles. The van der Waals surface area contributed by atoms with E-state index in [2.05, 4.69) is 0 Å². The van der Waals surface area contributed by atoms with Crippen LogP contribution < -0.4 is 9.47 Å². The molecule has 1 aromatic heterocycles. The number of ether oxygens (including phenoxy) is 2. The molecule has 1 N–H and O–H groups in total. The second kappa shape index (κ2) is 7.48. The first-order chi connectivity index (χ1) is 12.5. The van der Waals surface area contributed by atoms with E-state index in [1.807, 2.05) is 62.4 Å². The molecule has 3 aromatic rings. The molecule has 0 unspecified atom stereocenters. The molecule has 26 heavy (non-hydrogen) atoms. The predicted octanol–water partition coefficient (Wildman–Crippen LogP) is 4.76. The van der Waals surface area contributed by atoms with E-state index in [9.17, 15) is 5.11 Å². The number of methoxy groups -OCH3 is 2. The molecule has 0 amide bonds. The van der Waals surface area contributed by atoms with Crippen molar-refractivity contribution in [2.45, 2.75) is 19.3 Å². The van der Waals surface area contributed by atoms with Gasteiger partial charge in [-0.05, 0) is 54.1 Å². The summed E-state index contributed by atoms with van der Waals surface area (Å²) in [6.07, 6.45) is 0. The van der Waals surface area contributed by atoms with Crippen molar-refractivity contribution in [3.05, 3.63) is 53.5 Å². The zero-order chi connectivity index (χ0) is 18.7. The van der Waals surface area contributed by atoms with E-state index in [-0.39, 0.29) is 6.61 Å². The monoisotopic (exact) mass is 369 g/mol. The molecular formula is C21H23NO3S. The largest absolute Gasteiger partial charge is 0.497 e. The number of aliphatic hydroxyl groups is 1. The third kappa shape index (κ3) is 3.59. The molecule has 0 spiro atoms. The maximum Gasteiger partial charge on any atom is 0.118 e. The first-order valence-electron chi connectivity index (χ1n) is 8.39. The van der Waals surface area contributed by atoms with Crippen LogP contribution in [0.4, 0.5) is 0 Å². The Balaban J connectivity index is 2.13. The zero-order valence-electron chi connectivity index (χ0n) is 15.4. The van der Waals surface area contributed by atoms with Crippen LogP contribution >= 0.6 is 11.3 Å². The van der Waals surface area contributed by atoms with Crippen molar-refractivity contribution in [2.24, 2.45) is 0 Å². The molecule has 3 rings (SSSR count). The highest BCUT2D eigenvalue weighted by Gasteiger charge is 2.26. The van der Waals surface area contributed by atoms with Gasteiger partial charge >= 0.3 is 0 Å². The van der Waals surface area contributed by atoms with Crippen molar-refractivity contribution in [3.8, 4) is 33.2 Å². The van der Waals surface area contributed by atoms with Gasteiger partial charge in [0, 0.05) is 11.0 Å². The van der Waals surface area contributed by atoms with E-state index in [0.29, 0.717) is 0 Å². The summed E-state index contributed by atoms with van der Waals surface area (Å²) >= 11 is 1.62. The smallest absolute Gasteiger partial charge is 0.118 e. The van der Waals surface area contributed by atoms with Crippen molar-refractivity contribution in [3.63, 3.8) is 0 Å². The minimum absolute atomic E-state index is 0.0462. The second-order valence-electron chi connectivity index (χ2n) is 6.70.